The summed E-state index contributed by atoms with van der Waals surface area (Å²) in [7, 11) is 0. The smallest absolute Gasteiger partial charge is 0.304 e. The first-order valence-corrected chi connectivity index (χ1v) is 3.76. The largest absolute Gasteiger partial charge is 0.481 e. The van der Waals surface area contributed by atoms with E-state index < -0.39 is 5.97 Å². The van der Waals surface area contributed by atoms with E-state index in [2.05, 4.69) is 5.32 Å². The van der Waals surface area contributed by atoms with Gasteiger partial charge in [0.2, 0.25) is 5.91 Å². The summed E-state index contributed by atoms with van der Waals surface area (Å²) in [6.45, 7) is 2.18. The molecule has 0 heterocycles. The minimum atomic E-state index is -0.853. The summed E-state index contributed by atoms with van der Waals surface area (Å²) in [6.07, 6.45) is 0.294. The lowest BCUT2D eigenvalue weighted by Gasteiger charge is -2.09. The van der Waals surface area contributed by atoms with Gasteiger partial charge in [0.25, 0.3) is 0 Å². The van der Waals surface area contributed by atoms with Crippen molar-refractivity contribution in [1.29, 1.82) is 0 Å². The van der Waals surface area contributed by atoms with Crippen molar-refractivity contribution in [2.45, 2.75) is 25.8 Å². The van der Waals surface area contributed by atoms with Crippen LogP contribution in [0.25, 0.3) is 0 Å². The van der Waals surface area contributed by atoms with E-state index >= 15 is 0 Å². The number of carboxylic acid groups (broad SMARTS) is 1. The Morgan fingerprint density at radius 1 is 1.58 bits per heavy atom. The minimum Gasteiger partial charge on any atom is -0.481 e. The average molecular weight is 174 g/mol. The van der Waals surface area contributed by atoms with Crippen LogP contribution < -0.4 is 11.1 Å². The molecule has 1 amide bonds. The van der Waals surface area contributed by atoms with Gasteiger partial charge < -0.3 is 16.2 Å². The molecule has 70 valence electrons. The van der Waals surface area contributed by atoms with Gasteiger partial charge in [-0.25, -0.2) is 0 Å². The molecule has 0 spiro atoms. The van der Waals surface area contributed by atoms with E-state index in [1.165, 1.54) is 0 Å². The van der Waals surface area contributed by atoms with Crippen LogP contribution >= 0.6 is 0 Å². The number of aliphatic carboxylic acids is 1. The fraction of sp³-hybridized carbons (Fsp3) is 0.714. The second-order valence-corrected chi connectivity index (χ2v) is 2.67. The molecule has 0 saturated heterocycles. The van der Waals surface area contributed by atoms with Crippen LogP contribution in [0.15, 0.2) is 0 Å². The van der Waals surface area contributed by atoms with Gasteiger partial charge in [-0.1, -0.05) is 0 Å². The Morgan fingerprint density at radius 3 is 2.58 bits per heavy atom. The van der Waals surface area contributed by atoms with E-state index in [0.29, 0.717) is 6.54 Å². The molecule has 0 aliphatic heterocycles. The van der Waals surface area contributed by atoms with Crippen molar-refractivity contribution in [3.8, 4) is 0 Å². The monoisotopic (exact) mass is 174 g/mol. The molecule has 0 aliphatic rings. The number of carbonyl (C=O) groups excluding carboxylic acids is 1. The number of carbonyl (C=O) groups is 2. The van der Waals surface area contributed by atoms with E-state index in [-0.39, 0.29) is 24.8 Å². The zero-order valence-electron chi connectivity index (χ0n) is 7.04. The molecule has 1 unspecified atom stereocenters. The van der Waals surface area contributed by atoms with Gasteiger partial charge in [0.15, 0.2) is 0 Å². The molecular formula is C7H14N2O3. The number of hydrogen-bond donors (Lipinski definition) is 3. The van der Waals surface area contributed by atoms with Crippen molar-refractivity contribution >= 4 is 11.9 Å². The molecule has 5 heteroatoms. The van der Waals surface area contributed by atoms with Crippen LogP contribution in [0, 0.1) is 0 Å². The Bertz CT molecular complexity index is 170. The fourth-order valence-electron chi connectivity index (χ4n) is 0.776. The number of nitrogens with one attached hydrogen (secondary N) is 1. The van der Waals surface area contributed by atoms with Crippen LogP contribution in [-0.4, -0.2) is 29.6 Å². The summed E-state index contributed by atoms with van der Waals surface area (Å²) < 4.78 is 0. The van der Waals surface area contributed by atoms with Crippen LogP contribution in [0.5, 0.6) is 0 Å². The maximum Gasteiger partial charge on any atom is 0.304 e. The van der Waals surface area contributed by atoms with Gasteiger partial charge in [0.1, 0.15) is 0 Å². The van der Waals surface area contributed by atoms with Crippen LogP contribution in [0.3, 0.4) is 0 Å². The molecule has 0 radical (unpaired) electrons. The summed E-state index contributed by atoms with van der Waals surface area (Å²) in [6, 6.07) is -0.123. The van der Waals surface area contributed by atoms with Gasteiger partial charge in [0, 0.05) is 19.0 Å². The summed E-state index contributed by atoms with van der Waals surface area (Å²) >= 11 is 0. The van der Waals surface area contributed by atoms with Gasteiger partial charge in [0.05, 0.1) is 6.42 Å². The first-order chi connectivity index (χ1) is 5.52. The number of rotatable bonds is 6. The molecule has 12 heavy (non-hydrogen) atoms. The molecule has 0 aromatic rings. The van der Waals surface area contributed by atoms with Gasteiger partial charge >= 0.3 is 5.97 Å². The summed E-state index contributed by atoms with van der Waals surface area (Å²) in [5.41, 5.74) is 4.88. The second-order valence-electron chi connectivity index (χ2n) is 2.67. The fourth-order valence-corrected chi connectivity index (χ4v) is 0.776. The van der Waals surface area contributed by atoms with Crippen LogP contribution in [0.1, 0.15) is 19.8 Å². The highest BCUT2D eigenvalue weighted by atomic mass is 16.4. The lowest BCUT2D eigenvalue weighted by atomic mass is 10.2. The molecule has 4 N–H and O–H groups in total. The molecule has 0 saturated carbocycles. The maximum absolute atomic E-state index is 10.3. The molecule has 0 bridgehead atoms. The summed E-state index contributed by atoms with van der Waals surface area (Å²) in [5.74, 6) is -1.24. The minimum absolute atomic E-state index is 0.0543. The molecular weight excluding hydrogens is 160 g/mol. The zero-order chi connectivity index (χ0) is 9.56. The quantitative estimate of drug-likeness (QED) is 0.497. The van der Waals surface area contributed by atoms with Crippen molar-refractivity contribution in [2.24, 2.45) is 5.73 Å². The van der Waals surface area contributed by atoms with Crippen molar-refractivity contribution < 1.29 is 14.7 Å². The lowest BCUT2D eigenvalue weighted by molar-refractivity contribution is -0.137. The molecule has 1 atom stereocenters. The number of hydrogen-bond acceptors (Lipinski definition) is 3. The van der Waals surface area contributed by atoms with E-state index in [9.17, 15) is 9.59 Å². The second kappa shape index (κ2) is 5.54. The van der Waals surface area contributed by atoms with E-state index in [0.717, 1.165) is 0 Å². The van der Waals surface area contributed by atoms with Crippen LogP contribution in [0.2, 0.25) is 0 Å². The molecule has 0 fully saturated rings. The first kappa shape index (κ1) is 10.9. The Morgan fingerprint density at radius 2 is 2.17 bits per heavy atom. The number of primary amides is 1. The van der Waals surface area contributed by atoms with Gasteiger partial charge in [-0.05, 0) is 6.92 Å². The number of nitrogens with two attached hydrogens (primary N) is 1. The van der Waals surface area contributed by atoms with Crippen molar-refractivity contribution in [3.05, 3.63) is 0 Å². The van der Waals surface area contributed by atoms with E-state index in [1.807, 2.05) is 0 Å². The Hall–Kier alpha value is -1.10. The third-order valence-electron chi connectivity index (χ3n) is 1.35. The Balaban J connectivity index is 3.37. The predicted molar refractivity (Wildman–Crippen MR) is 43.5 cm³/mol. The Kier molecular flexibility index (Phi) is 5.03. The van der Waals surface area contributed by atoms with Crippen LogP contribution in [0.4, 0.5) is 0 Å². The molecule has 0 aliphatic carbocycles. The zero-order valence-corrected chi connectivity index (χ0v) is 7.04. The first-order valence-electron chi connectivity index (χ1n) is 3.76. The third-order valence-corrected chi connectivity index (χ3v) is 1.35. The Labute approximate surface area is 70.9 Å². The molecule has 0 aromatic heterocycles. The van der Waals surface area contributed by atoms with Gasteiger partial charge in [-0.3, -0.25) is 9.59 Å². The standard InChI is InChI=1S/C7H14N2O3/c1-5(4-7(11)12)9-3-2-6(8)10/h5,9H,2-4H2,1H3,(H2,8,10)(H,11,12). The average Bonchev–Trinajstić information content (AvgIpc) is 1.84. The molecule has 0 rings (SSSR count). The van der Waals surface area contributed by atoms with Crippen molar-refractivity contribution in [1.82, 2.24) is 5.32 Å². The highest BCUT2D eigenvalue weighted by Crippen LogP contribution is 1.89. The lowest BCUT2D eigenvalue weighted by Crippen LogP contribution is -2.31. The van der Waals surface area contributed by atoms with E-state index in [1.54, 1.807) is 6.92 Å². The number of carboxylic acids is 1. The predicted octanol–water partition coefficient (Wildman–Crippen LogP) is -0.685. The highest BCUT2D eigenvalue weighted by molar-refractivity contribution is 5.73. The van der Waals surface area contributed by atoms with Crippen molar-refractivity contribution in [2.75, 3.05) is 6.54 Å². The molecule has 5 nitrogen and oxygen atoms in total. The third kappa shape index (κ3) is 7.01. The van der Waals surface area contributed by atoms with Gasteiger partial charge in [-0.2, -0.15) is 0 Å². The SMILES string of the molecule is CC(CC(=O)O)NCCC(N)=O. The summed E-state index contributed by atoms with van der Waals surface area (Å²) in [4.78, 5) is 20.4. The molecule has 0 aromatic carbocycles. The summed E-state index contributed by atoms with van der Waals surface area (Å²) in [5, 5.41) is 11.2. The highest BCUT2D eigenvalue weighted by Gasteiger charge is 2.06. The van der Waals surface area contributed by atoms with Crippen molar-refractivity contribution in [3.63, 3.8) is 0 Å². The topological polar surface area (TPSA) is 92.4 Å². The maximum atomic E-state index is 10.3. The number of amides is 1. The normalized spacial score (nSPS) is 12.4. The van der Waals surface area contributed by atoms with Gasteiger partial charge in [-0.15, -0.1) is 0 Å². The van der Waals surface area contributed by atoms with Crippen LogP contribution in [-0.2, 0) is 9.59 Å². The van der Waals surface area contributed by atoms with E-state index in [4.69, 9.17) is 10.8 Å².